The maximum Gasteiger partial charge on any atom is 0.234 e. The number of hydrogen-bond donors (Lipinski definition) is 2. The zero-order valence-corrected chi connectivity index (χ0v) is 12.5. The van der Waals surface area contributed by atoms with Crippen LogP contribution < -0.4 is 5.32 Å². The number of aliphatic hydroxyl groups excluding tert-OH is 1. The summed E-state index contributed by atoms with van der Waals surface area (Å²) in [4.78, 5) is 13.8. The van der Waals surface area contributed by atoms with Crippen LogP contribution in [-0.4, -0.2) is 67.6 Å². The minimum absolute atomic E-state index is 0.0128. The zero-order chi connectivity index (χ0) is 14.5. The molecule has 0 bridgehead atoms. The molecule has 0 radical (unpaired) electrons. The van der Waals surface area contributed by atoms with Crippen LogP contribution in [0.2, 0.25) is 0 Å². The zero-order valence-electron chi connectivity index (χ0n) is 11.7. The molecule has 1 amide bonds. The Labute approximate surface area is 115 Å². The highest BCUT2D eigenvalue weighted by Crippen LogP contribution is 2.22. The minimum Gasteiger partial charge on any atom is -0.395 e. The number of amides is 1. The monoisotopic (exact) mass is 292 g/mol. The average Bonchev–Trinajstić information content (AvgIpc) is 2.53. The maximum absolute atomic E-state index is 11.9. The number of sulfone groups is 1. The van der Waals surface area contributed by atoms with Crippen LogP contribution >= 0.6 is 0 Å². The lowest BCUT2D eigenvalue weighted by atomic mass is 10.0. The van der Waals surface area contributed by atoms with Crippen molar-refractivity contribution in [2.24, 2.45) is 0 Å². The summed E-state index contributed by atoms with van der Waals surface area (Å²) < 4.78 is 22.9. The first-order valence-corrected chi connectivity index (χ1v) is 8.47. The lowest BCUT2D eigenvalue weighted by Crippen LogP contribution is -2.50. The van der Waals surface area contributed by atoms with Crippen molar-refractivity contribution in [3.63, 3.8) is 0 Å². The van der Waals surface area contributed by atoms with E-state index in [-0.39, 0.29) is 30.6 Å². The lowest BCUT2D eigenvalue weighted by Gasteiger charge is -2.26. The molecule has 1 saturated heterocycles. The summed E-state index contributed by atoms with van der Waals surface area (Å²) in [6, 6.07) is 0. The molecule has 2 N–H and O–H groups in total. The number of carbonyl (C=O) groups excluding carboxylic acids is 1. The normalized spacial score (nSPS) is 25.7. The molecule has 1 rings (SSSR count). The van der Waals surface area contributed by atoms with Crippen LogP contribution in [0.5, 0.6) is 0 Å². The fourth-order valence-corrected chi connectivity index (χ4v) is 4.51. The number of hydrogen-bond acceptors (Lipinski definition) is 5. The van der Waals surface area contributed by atoms with Gasteiger partial charge < -0.3 is 10.4 Å². The average molecular weight is 292 g/mol. The quantitative estimate of drug-likeness (QED) is 0.653. The van der Waals surface area contributed by atoms with Gasteiger partial charge in [0.05, 0.1) is 30.2 Å². The molecule has 0 saturated carbocycles. The molecule has 0 aromatic heterocycles. The van der Waals surface area contributed by atoms with Gasteiger partial charge in [0.2, 0.25) is 5.91 Å². The summed E-state index contributed by atoms with van der Waals surface area (Å²) >= 11 is 0. The van der Waals surface area contributed by atoms with Crippen LogP contribution in [0, 0.1) is 0 Å². The summed E-state index contributed by atoms with van der Waals surface area (Å²) in [6.45, 7) is 5.18. The number of carbonyl (C=O) groups is 1. The molecule has 6 nitrogen and oxygen atoms in total. The van der Waals surface area contributed by atoms with Crippen molar-refractivity contribution in [2.75, 3.05) is 37.7 Å². The Morgan fingerprint density at radius 1 is 1.42 bits per heavy atom. The van der Waals surface area contributed by atoms with Crippen LogP contribution in [0.3, 0.4) is 0 Å². The van der Waals surface area contributed by atoms with Crippen molar-refractivity contribution in [3.05, 3.63) is 0 Å². The second-order valence-electron chi connectivity index (χ2n) is 5.45. The van der Waals surface area contributed by atoms with Crippen LogP contribution in [-0.2, 0) is 14.6 Å². The highest BCUT2D eigenvalue weighted by atomic mass is 32.2. The van der Waals surface area contributed by atoms with Crippen LogP contribution in [0.25, 0.3) is 0 Å². The van der Waals surface area contributed by atoms with Gasteiger partial charge in [-0.15, -0.1) is 0 Å². The van der Waals surface area contributed by atoms with Crippen LogP contribution in [0.1, 0.15) is 26.7 Å². The summed E-state index contributed by atoms with van der Waals surface area (Å²) in [5.41, 5.74) is -0.646. The molecule has 1 fully saturated rings. The van der Waals surface area contributed by atoms with Gasteiger partial charge in [0.25, 0.3) is 0 Å². The predicted octanol–water partition coefficient (Wildman–Crippen LogP) is -0.616. The van der Waals surface area contributed by atoms with Crippen molar-refractivity contribution in [3.8, 4) is 0 Å². The topological polar surface area (TPSA) is 86.7 Å². The molecule has 112 valence electrons. The van der Waals surface area contributed by atoms with Crippen LogP contribution in [0.4, 0.5) is 0 Å². The Morgan fingerprint density at radius 3 is 2.58 bits per heavy atom. The molecule has 0 spiro atoms. The van der Waals surface area contributed by atoms with Crippen LogP contribution in [0.15, 0.2) is 0 Å². The molecule has 7 heteroatoms. The first-order chi connectivity index (χ1) is 8.80. The predicted molar refractivity (Wildman–Crippen MR) is 73.6 cm³/mol. The molecule has 1 aliphatic rings. The van der Waals surface area contributed by atoms with Gasteiger partial charge in [-0.05, 0) is 26.3 Å². The lowest BCUT2D eigenvalue weighted by molar-refractivity contribution is -0.123. The highest BCUT2D eigenvalue weighted by Gasteiger charge is 2.39. The van der Waals surface area contributed by atoms with E-state index >= 15 is 0 Å². The molecule has 1 unspecified atom stereocenters. The maximum atomic E-state index is 11.9. The van der Waals surface area contributed by atoms with E-state index in [0.29, 0.717) is 13.0 Å². The Morgan fingerprint density at radius 2 is 2.11 bits per heavy atom. The largest absolute Gasteiger partial charge is 0.395 e. The molecule has 19 heavy (non-hydrogen) atoms. The van der Waals surface area contributed by atoms with Gasteiger partial charge >= 0.3 is 0 Å². The van der Waals surface area contributed by atoms with Gasteiger partial charge in [-0.25, -0.2) is 8.42 Å². The minimum atomic E-state index is -3.02. The fourth-order valence-electron chi connectivity index (χ4n) is 2.42. The van der Waals surface area contributed by atoms with E-state index in [4.69, 9.17) is 5.11 Å². The third-order valence-electron chi connectivity index (χ3n) is 3.27. The van der Waals surface area contributed by atoms with Crippen molar-refractivity contribution < 1.29 is 18.3 Å². The standard InChI is InChI=1S/C12H24N2O4S/c1-3-5-14(6-7-15)9-11(16)13-12(2)4-8-19(17,18)10-12/h15H,3-10H2,1-2H3,(H,13,16). The van der Waals surface area contributed by atoms with Crippen molar-refractivity contribution in [2.45, 2.75) is 32.2 Å². The van der Waals surface area contributed by atoms with Gasteiger partial charge in [-0.3, -0.25) is 9.69 Å². The van der Waals surface area contributed by atoms with Gasteiger partial charge in [0, 0.05) is 6.54 Å². The molecule has 0 aromatic rings. The molecule has 0 aliphatic carbocycles. The van der Waals surface area contributed by atoms with E-state index in [1.807, 2.05) is 11.8 Å². The molecule has 1 heterocycles. The second kappa shape index (κ2) is 6.67. The van der Waals surface area contributed by atoms with Gasteiger partial charge in [-0.2, -0.15) is 0 Å². The van der Waals surface area contributed by atoms with Gasteiger partial charge in [0.1, 0.15) is 0 Å². The third kappa shape index (κ3) is 5.46. The molecule has 1 aliphatic heterocycles. The van der Waals surface area contributed by atoms with E-state index in [9.17, 15) is 13.2 Å². The van der Waals surface area contributed by atoms with E-state index in [2.05, 4.69) is 5.32 Å². The van der Waals surface area contributed by atoms with Gasteiger partial charge in [0.15, 0.2) is 9.84 Å². The summed E-state index contributed by atoms with van der Waals surface area (Å²) in [5, 5.41) is 11.7. The Bertz CT molecular complexity index is 404. The number of rotatable bonds is 7. The first-order valence-electron chi connectivity index (χ1n) is 6.65. The first kappa shape index (κ1) is 16.4. The fraction of sp³-hybridized carbons (Fsp3) is 0.917. The number of nitrogens with zero attached hydrogens (tertiary/aromatic N) is 1. The summed E-state index contributed by atoms with van der Waals surface area (Å²) in [5.74, 6) is -0.0278. The molecule has 0 aromatic carbocycles. The SMILES string of the molecule is CCCN(CCO)CC(=O)NC1(C)CCS(=O)(=O)C1. The second-order valence-corrected chi connectivity index (χ2v) is 7.63. The number of aliphatic hydroxyl groups is 1. The Hall–Kier alpha value is -0.660. The summed E-state index contributed by atoms with van der Waals surface area (Å²) in [7, 11) is -3.02. The third-order valence-corrected chi connectivity index (χ3v) is 5.17. The Balaban J connectivity index is 2.50. The Kier molecular flexibility index (Phi) is 5.76. The molecule has 1 atom stereocenters. The smallest absolute Gasteiger partial charge is 0.234 e. The van der Waals surface area contributed by atoms with E-state index in [1.165, 1.54) is 0 Å². The van der Waals surface area contributed by atoms with Gasteiger partial charge in [-0.1, -0.05) is 6.92 Å². The van der Waals surface area contributed by atoms with Crippen molar-refractivity contribution in [1.29, 1.82) is 0 Å². The van der Waals surface area contributed by atoms with E-state index < -0.39 is 15.4 Å². The molecular formula is C12H24N2O4S. The van der Waals surface area contributed by atoms with E-state index in [1.54, 1.807) is 6.92 Å². The van der Waals surface area contributed by atoms with E-state index in [0.717, 1.165) is 13.0 Å². The number of nitrogens with one attached hydrogen (secondary N) is 1. The summed E-state index contributed by atoms with van der Waals surface area (Å²) in [6.07, 6.45) is 1.37. The van der Waals surface area contributed by atoms with Crippen molar-refractivity contribution >= 4 is 15.7 Å². The highest BCUT2D eigenvalue weighted by molar-refractivity contribution is 7.91. The molecular weight excluding hydrogens is 268 g/mol. The van der Waals surface area contributed by atoms with Crippen molar-refractivity contribution in [1.82, 2.24) is 10.2 Å².